The van der Waals surface area contributed by atoms with Crippen molar-refractivity contribution in [3.63, 3.8) is 0 Å². The second-order valence-corrected chi connectivity index (χ2v) is 10.7. The van der Waals surface area contributed by atoms with Crippen LogP contribution in [0.2, 0.25) is 0 Å². The van der Waals surface area contributed by atoms with E-state index in [-0.39, 0.29) is 22.4 Å². The highest BCUT2D eigenvalue weighted by atomic mass is 32.2. The predicted octanol–water partition coefficient (Wildman–Crippen LogP) is 1.92. The number of nitrogens with one attached hydrogen (secondary N) is 1. The van der Waals surface area contributed by atoms with E-state index in [1.54, 1.807) is 13.8 Å². The molecular formula is C17H24N2O5S2. The third kappa shape index (κ3) is 3.65. The van der Waals surface area contributed by atoms with Gasteiger partial charge in [0.1, 0.15) is 0 Å². The van der Waals surface area contributed by atoms with E-state index in [0.29, 0.717) is 5.56 Å². The standard InChI is InChI=1S/C17H24N2O5S2/c1-12-10-15(19-17(20)13(2)11-25(19,21)22)8-9-16(12)26(23,24)18-14-6-4-3-5-7-14/h8-10,13-14,18H,3-7,11H2,1-2H3. The van der Waals surface area contributed by atoms with Crippen LogP contribution in [0.4, 0.5) is 5.69 Å². The van der Waals surface area contributed by atoms with E-state index in [1.165, 1.54) is 18.2 Å². The topological polar surface area (TPSA) is 101 Å². The van der Waals surface area contributed by atoms with Gasteiger partial charge in [0.15, 0.2) is 0 Å². The Labute approximate surface area is 154 Å². The predicted molar refractivity (Wildman–Crippen MR) is 98.8 cm³/mol. The van der Waals surface area contributed by atoms with Gasteiger partial charge in [-0.05, 0) is 43.5 Å². The largest absolute Gasteiger partial charge is 0.273 e. The molecule has 1 aromatic rings. The summed E-state index contributed by atoms with van der Waals surface area (Å²) in [6.45, 7) is 3.18. The average Bonchev–Trinajstić information content (AvgIpc) is 2.75. The fourth-order valence-corrected chi connectivity index (χ4v) is 7.00. The number of anilines is 1. The Morgan fingerprint density at radius 3 is 2.35 bits per heavy atom. The van der Waals surface area contributed by atoms with E-state index in [2.05, 4.69) is 4.72 Å². The van der Waals surface area contributed by atoms with Gasteiger partial charge in [0.25, 0.3) is 0 Å². The van der Waals surface area contributed by atoms with Crippen LogP contribution in [0, 0.1) is 12.8 Å². The molecule has 0 bridgehead atoms. The van der Waals surface area contributed by atoms with Crippen LogP contribution in [0.5, 0.6) is 0 Å². The molecule has 1 aliphatic heterocycles. The fraction of sp³-hybridized carbons (Fsp3) is 0.588. The van der Waals surface area contributed by atoms with Crippen LogP contribution >= 0.6 is 0 Å². The third-order valence-electron chi connectivity index (χ3n) is 4.97. The first-order valence-corrected chi connectivity index (χ1v) is 11.9. The Hall–Kier alpha value is -1.45. The van der Waals surface area contributed by atoms with Crippen molar-refractivity contribution in [1.82, 2.24) is 4.72 Å². The first-order chi connectivity index (χ1) is 12.1. The lowest BCUT2D eigenvalue weighted by molar-refractivity contribution is -0.119. The van der Waals surface area contributed by atoms with Gasteiger partial charge < -0.3 is 0 Å². The Kier molecular flexibility index (Phi) is 5.15. The summed E-state index contributed by atoms with van der Waals surface area (Å²) in [6, 6.07) is 4.15. The lowest BCUT2D eigenvalue weighted by Gasteiger charge is -2.23. The maximum Gasteiger partial charge on any atom is 0.244 e. The van der Waals surface area contributed by atoms with Gasteiger partial charge in [-0.15, -0.1) is 0 Å². The number of carbonyl (C=O) groups excluding carboxylic acids is 1. The zero-order chi connectivity index (χ0) is 19.1. The molecule has 0 radical (unpaired) electrons. The average molecular weight is 401 g/mol. The van der Waals surface area contributed by atoms with Gasteiger partial charge >= 0.3 is 0 Å². The molecule has 3 rings (SSSR count). The summed E-state index contributed by atoms with van der Waals surface area (Å²) in [5, 5.41) is 0. The molecule has 1 N–H and O–H groups in total. The SMILES string of the molecule is Cc1cc(N2C(=O)C(C)CS2(=O)=O)ccc1S(=O)(=O)NC1CCCCC1. The summed E-state index contributed by atoms with van der Waals surface area (Å²) in [4.78, 5) is 12.3. The van der Waals surface area contributed by atoms with Crippen molar-refractivity contribution in [2.24, 2.45) is 5.92 Å². The van der Waals surface area contributed by atoms with E-state index in [1.807, 2.05) is 0 Å². The van der Waals surface area contributed by atoms with Gasteiger partial charge in [0, 0.05) is 6.04 Å². The minimum Gasteiger partial charge on any atom is -0.273 e. The first-order valence-electron chi connectivity index (χ1n) is 8.81. The summed E-state index contributed by atoms with van der Waals surface area (Å²) in [5.74, 6) is -1.31. The number of benzene rings is 1. The highest BCUT2D eigenvalue weighted by Crippen LogP contribution is 2.31. The van der Waals surface area contributed by atoms with Crippen LogP contribution in [-0.4, -0.2) is 34.5 Å². The molecular weight excluding hydrogens is 376 g/mol. The second-order valence-electron chi connectivity index (χ2n) is 7.19. The quantitative estimate of drug-likeness (QED) is 0.832. The molecule has 1 saturated heterocycles. The summed E-state index contributed by atoms with van der Waals surface area (Å²) < 4.78 is 53.3. The van der Waals surface area contributed by atoms with Gasteiger partial charge in [0.2, 0.25) is 26.0 Å². The molecule has 2 aliphatic rings. The van der Waals surface area contributed by atoms with Gasteiger partial charge in [-0.25, -0.2) is 25.9 Å². The van der Waals surface area contributed by atoms with Crippen LogP contribution in [0.1, 0.15) is 44.6 Å². The van der Waals surface area contributed by atoms with Crippen molar-refractivity contribution < 1.29 is 21.6 Å². The Morgan fingerprint density at radius 2 is 1.81 bits per heavy atom. The van der Waals surface area contributed by atoms with Crippen LogP contribution in [0.25, 0.3) is 0 Å². The Balaban J connectivity index is 1.89. The van der Waals surface area contributed by atoms with E-state index < -0.39 is 31.9 Å². The monoisotopic (exact) mass is 400 g/mol. The smallest absolute Gasteiger partial charge is 0.244 e. The molecule has 144 valence electrons. The van der Waals surface area contributed by atoms with E-state index in [4.69, 9.17) is 0 Å². The molecule has 1 unspecified atom stereocenters. The van der Waals surface area contributed by atoms with Crippen LogP contribution in [0.15, 0.2) is 23.1 Å². The zero-order valence-electron chi connectivity index (χ0n) is 14.9. The molecule has 1 heterocycles. The van der Waals surface area contributed by atoms with Gasteiger partial charge in [0.05, 0.1) is 22.3 Å². The van der Waals surface area contributed by atoms with Crippen molar-refractivity contribution in [3.05, 3.63) is 23.8 Å². The zero-order valence-corrected chi connectivity index (χ0v) is 16.6. The van der Waals surface area contributed by atoms with Crippen LogP contribution < -0.4 is 9.03 Å². The number of sulfonamides is 2. The normalized spacial score (nSPS) is 24.2. The highest BCUT2D eigenvalue weighted by Gasteiger charge is 2.42. The molecule has 1 aliphatic carbocycles. The van der Waals surface area contributed by atoms with Gasteiger partial charge in [-0.2, -0.15) is 0 Å². The molecule has 0 aromatic heterocycles. The molecule has 0 spiro atoms. The lowest BCUT2D eigenvalue weighted by atomic mass is 9.96. The number of aryl methyl sites for hydroxylation is 1. The first kappa shape index (κ1) is 19.3. The third-order valence-corrected chi connectivity index (χ3v) is 8.52. The van der Waals surface area contributed by atoms with Crippen molar-refractivity contribution >= 4 is 31.6 Å². The number of amides is 1. The van der Waals surface area contributed by atoms with Crippen LogP contribution in [0.3, 0.4) is 0 Å². The minimum atomic E-state index is -3.71. The molecule has 7 nitrogen and oxygen atoms in total. The lowest BCUT2D eigenvalue weighted by Crippen LogP contribution is -2.36. The van der Waals surface area contributed by atoms with Crippen LogP contribution in [-0.2, 0) is 24.8 Å². The maximum absolute atomic E-state index is 12.7. The Bertz CT molecular complexity index is 918. The summed E-state index contributed by atoms with van der Waals surface area (Å²) >= 11 is 0. The Morgan fingerprint density at radius 1 is 1.15 bits per heavy atom. The highest BCUT2D eigenvalue weighted by molar-refractivity contribution is 7.94. The maximum atomic E-state index is 12.7. The van der Waals surface area contributed by atoms with Gasteiger partial charge in [-0.1, -0.05) is 26.2 Å². The second kappa shape index (κ2) is 6.94. The van der Waals surface area contributed by atoms with Crippen molar-refractivity contribution in [3.8, 4) is 0 Å². The number of nitrogens with zero attached hydrogens (tertiary/aromatic N) is 1. The van der Waals surface area contributed by atoms with Crippen molar-refractivity contribution in [2.75, 3.05) is 10.1 Å². The molecule has 1 atom stereocenters. The summed E-state index contributed by atoms with van der Waals surface area (Å²) in [5.41, 5.74) is 0.599. The van der Waals surface area contributed by atoms with Crippen molar-refractivity contribution in [1.29, 1.82) is 0 Å². The summed E-state index contributed by atoms with van der Waals surface area (Å²) in [7, 11) is -7.39. The molecule has 9 heteroatoms. The number of hydrogen-bond acceptors (Lipinski definition) is 5. The number of hydrogen-bond donors (Lipinski definition) is 1. The van der Waals surface area contributed by atoms with E-state index in [9.17, 15) is 21.6 Å². The fourth-order valence-electron chi connectivity index (χ4n) is 3.65. The number of carbonyl (C=O) groups is 1. The molecule has 26 heavy (non-hydrogen) atoms. The minimum absolute atomic E-state index is 0.0609. The van der Waals surface area contributed by atoms with E-state index >= 15 is 0 Å². The van der Waals surface area contributed by atoms with E-state index in [0.717, 1.165) is 36.4 Å². The molecule has 1 amide bonds. The molecule has 1 aromatic carbocycles. The molecule has 2 fully saturated rings. The molecule has 1 saturated carbocycles. The summed E-state index contributed by atoms with van der Waals surface area (Å²) in [6.07, 6.45) is 4.81. The van der Waals surface area contributed by atoms with Crippen molar-refractivity contribution in [2.45, 2.75) is 56.9 Å². The van der Waals surface area contributed by atoms with Gasteiger partial charge in [-0.3, -0.25) is 4.79 Å². The number of rotatable bonds is 4.